The topological polar surface area (TPSA) is 50.7 Å². The summed E-state index contributed by atoms with van der Waals surface area (Å²) in [6, 6.07) is 7.97. The van der Waals surface area contributed by atoms with Crippen LogP contribution in [0.4, 0.5) is 5.95 Å². The minimum atomic E-state index is 0.210. The van der Waals surface area contributed by atoms with Crippen LogP contribution in [-0.4, -0.2) is 21.0 Å². The van der Waals surface area contributed by atoms with Gasteiger partial charge in [0.2, 0.25) is 11.2 Å². The molecular formula is C14H14Cl2N4S. The minimum Gasteiger partial charge on any atom is -0.351 e. The zero-order valence-corrected chi connectivity index (χ0v) is 13.5. The second kappa shape index (κ2) is 6.81. The normalized spacial score (nSPS) is 15.3. The molecule has 0 atom stereocenters. The third kappa shape index (κ3) is 4.22. The fraction of sp³-hybridized carbons (Fsp3) is 0.357. The van der Waals surface area contributed by atoms with Crippen molar-refractivity contribution in [1.82, 2.24) is 15.0 Å². The van der Waals surface area contributed by atoms with E-state index < -0.39 is 0 Å². The Morgan fingerprint density at radius 3 is 2.43 bits per heavy atom. The van der Waals surface area contributed by atoms with Crippen molar-refractivity contribution in [2.45, 2.75) is 41.8 Å². The van der Waals surface area contributed by atoms with Gasteiger partial charge in [0.15, 0.2) is 5.16 Å². The largest absolute Gasteiger partial charge is 0.351 e. The van der Waals surface area contributed by atoms with Crippen LogP contribution in [0.25, 0.3) is 0 Å². The van der Waals surface area contributed by atoms with Gasteiger partial charge in [-0.05, 0) is 60.5 Å². The van der Waals surface area contributed by atoms with Gasteiger partial charge >= 0.3 is 0 Å². The number of benzene rings is 1. The molecule has 1 fully saturated rings. The molecule has 110 valence electrons. The van der Waals surface area contributed by atoms with Gasteiger partial charge < -0.3 is 5.32 Å². The summed E-state index contributed by atoms with van der Waals surface area (Å²) in [6.07, 6.45) is 4.82. The minimum absolute atomic E-state index is 0.210. The van der Waals surface area contributed by atoms with Crippen LogP contribution in [0.5, 0.6) is 0 Å². The summed E-state index contributed by atoms with van der Waals surface area (Å²) >= 11 is 13.3. The summed E-state index contributed by atoms with van der Waals surface area (Å²) < 4.78 is 0. The molecule has 4 nitrogen and oxygen atoms in total. The third-order valence-electron chi connectivity index (χ3n) is 3.30. The molecule has 0 aliphatic heterocycles. The average molecular weight is 341 g/mol. The zero-order valence-electron chi connectivity index (χ0n) is 11.2. The Morgan fingerprint density at radius 2 is 1.71 bits per heavy atom. The van der Waals surface area contributed by atoms with E-state index in [1.54, 1.807) is 0 Å². The summed E-state index contributed by atoms with van der Waals surface area (Å²) in [5.41, 5.74) is 0. The Morgan fingerprint density at radius 1 is 1.00 bits per heavy atom. The van der Waals surface area contributed by atoms with Gasteiger partial charge in [-0.1, -0.05) is 24.4 Å². The smallest absolute Gasteiger partial charge is 0.228 e. The van der Waals surface area contributed by atoms with Crippen molar-refractivity contribution in [3.05, 3.63) is 34.6 Å². The predicted octanol–water partition coefficient (Wildman–Crippen LogP) is 4.68. The molecule has 7 heteroatoms. The van der Waals surface area contributed by atoms with Crippen LogP contribution in [-0.2, 0) is 0 Å². The number of nitrogens with one attached hydrogen (secondary N) is 1. The summed E-state index contributed by atoms with van der Waals surface area (Å²) in [6.45, 7) is 0. The molecule has 1 heterocycles. The van der Waals surface area contributed by atoms with Crippen molar-refractivity contribution in [3.8, 4) is 0 Å². The first-order valence-electron chi connectivity index (χ1n) is 6.80. The highest BCUT2D eigenvalue weighted by molar-refractivity contribution is 7.99. The van der Waals surface area contributed by atoms with Crippen molar-refractivity contribution < 1.29 is 0 Å². The third-order valence-corrected chi connectivity index (χ3v) is 4.59. The van der Waals surface area contributed by atoms with Crippen molar-refractivity contribution in [2.24, 2.45) is 0 Å². The number of aromatic nitrogens is 3. The van der Waals surface area contributed by atoms with E-state index in [2.05, 4.69) is 20.3 Å². The van der Waals surface area contributed by atoms with E-state index in [4.69, 9.17) is 23.2 Å². The highest BCUT2D eigenvalue weighted by Gasteiger charge is 2.16. The first-order chi connectivity index (χ1) is 10.2. The van der Waals surface area contributed by atoms with Crippen molar-refractivity contribution in [2.75, 3.05) is 5.32 Å². The highest BCUT2D eigenvalue weighted by Crippen LogP contribution is 2.28. The van der Waals surface area contributed by atoms with Gasteiger partial charge in [-0.3, -0.25) is 0 Å². The molecule has 21 heavy (non-hydrogen) atoms. The highest BCUT2D eigenvalue weighted by atomic mass is 35.5. The Hall–Kier alpha value is -1.04. The molecule has 0 saturated heterocycles. The lowest BCUT2D eigenvalue weighted by atomic mass is 10.3. The molecule has 0 amide bonds. The molecule has 1 aromatic carbocycles. The first kappa shape index (κ1) is 14.9. The monoisotopic (exact) mass is 340 g/mol. The van der Waals surface area contributed by atoms with Crippen molar-refractivity contribution >= 4 is 40.9 Å². The molecule has 2 aromatic rings. The molecule has 1 aliphatic rings. The average Bonchev–Trinajstić information content (AvgIpc) is 2.93. The van der Waals surface area contributed by atoms with Gasteiger partial charge in [0.25, 0.3) is 0 Å². The predicted molar refractivity (Wildman–Crippen MR) is 86.3 cm³/mol. The van der Waals surface area contributed by atoms with Gasteiger partial charge in [-0.25, -0.2) is 0 Å². The van der Waals surface area contributed by atoms with Gasteiger partial charge in [0.05, 0.1) is 0 Å². The molecule has 0 radical (unpaired) electrons. The second-order valence-electron chi connectivity index (χ2n) is 4.89. The van der Waals surface area contributed by atoms with Crippen LogP contribution in [0.2, 0.25) is 10.3 Å². The lowest BCUT2D eigenvalue weighted by Gasteiger charge is -2.12. The van der Waals surface area contributed by atoms with E-state index in [0.29, 0.717) is 22.2 Å². The van der Waals surface area contributed by atoms with Crippen molar-refractivity contribution in [1.29, 1.82) is 0 Å². The molecule has 1 N–H and O–H groups in total. The van der Waals surface area contributed by atoms with Gasteiger partial charge in [-0.2, -0.15) is 15.0 Å². The number of rotatable bonds is 4. The zero-order chi connectivity index (χ0) is 14.7. The molecule has 1 aliphatic carbocycles. The fourth-order valence-electron chi connectivity index (χ4n) is 2.30. The Labute approximate surface area is 137 Å². The quantitative estimate of drug-likeness (QED) is 0.875. The van der Waals surface area contributed by atoms with E-state index in [-0.39, 0.29) is 5.28 Å². The van der Waals surface area contributed by atoms with Crippen LogP contribution < -0.4 is 5.32 Å². The summed E-state index contributed by atoms with van der Waals surface area (Å²) in [5.74, 6) is 0.554. The lowest BCUT2D eigenvalue weighted by Crippen LogP contribution is -2.17. The molecule has 1 aromatic heterocycles. The van der Waals surface area contributed by atoms with E-state index in [0.717, 1.165) is 17.7 Å². The SMILES string of the molecule is Clc1ccc(Sc2nc(Cl)nc(NC3CCCC3)n2)cc1. The summed E-state index contributed by atoms with van der Waals surface area (Å²) in [5, 5.41) is 4.83. The van der Waals surface area contributed by atoms with Gasteiger partial charge in [0, 0.05) is 16.0 Å². The maximum Gasteiger partial charge on any atom is 0.228 e. The van der Waals surface area contributed by atoms with Crippen molar-refractivity contribution in [3.63, 3.8) is 0 Å². The first-order valence-corrected chi connectivity index (χ1v) is 8.38. The Kier molecular flexibility index (Phi) is 4.83. The molecule has 0 spiro atoms. The molecule has 1 saturated carbocycles. The Bertz CT molecular complexity index is 615. The summed E-state index contributed by atoms with van der Waals surface area (Å²) in [7, 11) is 0. The maximum atomic E-state index is 5.99. The standard InChI is InChI=1S/C14H14Cl2N4S/c15-9-5-7-11(8-6-9)21-14-19-12(16)18-13(20-14)17-10-3-1-2-4-10/h5-8,10H,1-4H2,(H,17,18,19,20). The number of nitrogens with zero attached hydrogens (tertiary/aromatic N) is 3. The van der Waals surface area contributed by atoms with Crippen LogP contribution >= 0.6 is 35.0 Å². The lowest BCUT2D eigenvalue weighted by molar-refractivity contribution is 0.735. The van der Waals surface area contributed by atoms with Crippen LogP contribution in [0, 0.1) is 0 Å². The van der Waals surface area contributed by atoms with E-state index in [9.17, 15) is 0 Å². The Balaban J connectivity index is 1.75. The number of hydrogen-bond donors (Lipinski definition) is 1. The maximum absolute atomic E-state index is 5.99. The fourth-order valence-corrected chi connectivity index (χ4v) is 3.39. The van der Waals surface area contributed by atoms with E-state index in [1.807, 2.05) is 24.3 Å². The molecule has 0 bridgehead atoms. The summed E-state index contributed by atoms with van der Waals surface area (Å²) in [4.78, 5) is 13.7. The van der Waals surface area contributed by atoms with Crippen LogP contribution in [0.3, 0.4) is 0 Å². The molecular weight excluding hydrogens is 327 g/mol. The van der Waals surface area contributed by atoms with Gasteiger partial charge in [0.1, 0.15) is 0 Å². The van der Waals surface area contributed by atoms with Crippen LogP contribution in [0.1, 0.15) is 25.7 Å². The number of hydrogen-bond acceptors (Lipinski definition) is 5. The molecule has 3 rings (SSSR count). The number of halogens is 2. The molecule has 0 unspecified atom stereocenters. The van der Waals surface area contributed by atoms with E-state index >= 15 is 0 Å². The second-order valence-corrected chi connectivity index (χ2v) is 6.71. The number of anilines is 1. The van der Waals surface area contributed by atoms with Gasteiger partial charge in [-0.15, -0.1) is 0 Å². The van der Waals surface area contributed by atoms with E-state index in [1.165, 1.54) is 24.6 Å². The van der Waals surface area contributed by atoms with Crippen LogP contribution in [0.15, 0.2) is 34.3 Å².